The molecule has 1 unspecified atom stereocenters. The molecule has 0 bridgehead atoms. The molecule has 1 atom stereocenters. The van der Waals surface area contributed by atoms with Gasteiger partial charge in [0.25, 0.3) is 0 Å². The van der Waals surface area contributed by atoms with E-state index in [1.54, 1.807) is 6.20 Å². The topological polar surface area (TPSA) is 63.1 Å². The lowest BCUT2D eigenvalue weighted by atomic mass is 9.92. The highest BCUT2D eigenvalue weighted by Gasteiger charge is 2.24. The second-order valence-electron chi connectivity index (χ2n) is 9.08. The molecule has 6 nitrogen and oxygen atoms in total. The number of anilines is 1. The van der Waals surface area contributed by atoms with Crippen LogP contribution in [-0.4, -0.2) is 45.2 Å². The Morgan fingerprint density at radius 3 is 2.75 bits per heavy atom. The Morgan fingerprint density at radius 1 is 1.16 bits per heavy atom. The lowest BCUT2D eigenvalue weighted by Gasteiger charge is -2.32. The number of aryl methyl sites for hydroxylation is 1. The Hall–Kier alpha value is -2.99. The summed E-state index contributed by atoms with van der Waals surface area (Å²) in [5, 5.41) is 7.32. The monoisotopic (exact) mass is 431 g/mol. The second kappa shape index (κ2) is 10.1. The van der Waals surface area contributed by atoms with Crippen LogP contribution in [0.2, 0.25) is 0 Å². The first-order chi connectivity index (χ1) is 15.5. The molecule has 0 spiro atoms. The normalized spacial score (nSPS) is 16.9. The van der Waals surface area contributed by atoms with Gasteiger partial charge in [-0.2, -0.15) is 5.10 Å². The molecule has 4 rings (SSSR count). The van der Waals surface area contributed by atoms with Crippen molar-refractivity contribution in [2.75, 3.05) is 25.0 Å². The van der Waals surface area contributed by atoms with Gasteiger partial charge in [0.2, 0.25) is 5.91 Å². The van der Waals surface area contributed by atoms with E-state index in [-0.39, 0.29) is 11.9 Å². The highest BCUT2D eigenvalue weighted by Crippen LogP contribution is 2.27. The largest absolute Gasteiger partial charge is 0.310 e. The summed E-state index contributed by atoms with van der Waals surface area (Å²) in [6.45, 7) is 8.37. The van der Waals surface area contributed by atoms with Crippen LogP contribution in [0, 0.1) is 6.92 Å². The standard InChI is InChI=1S/C26H33N5O/c1-19(2)31-25(11-12-27-31)29-26(32)18-30-13-7-10-23(17-30)24-16-22(14-20(3)28-24)15-21-8-5-4-6-9-21/h4-6,8-9,11-12,14,16,19,23H,7,10,13,15,17-18H2,1-3H3,(H,29,32). The highest BCUT2D eigenvalue weighted by atomic mass is 16.2. The summed E-state index contributed by atoms with van der Waals surface area (Å²) in [6.07, 6.45) is 4.83. The van der Waals surface area contributed by atoms with Crippen LogP contribution >= 0.6 is 0 Å². The van der Waals surface area contributed by atoms with E-state index in [0.717, 1.165) is 49.6 Å². The van der Waals surface area contributed by atoms with E-state index in [1.807, 2.05) is 10.7 Å². The molecule has 1 amide bonds. The fourth-order valence-corrected chi connectivity index (χ4v) is 4.56. The lowest BCUT2D eigenvalue weighted by Crippen LogP contribution is -2.40. The molecule has 168 valence electrons. The van der Waals surface area contributed by atoms with E-state index in [2.05, 4.69) is 78.6 Å². The van der Waals surface area contributed by atoms with Gasteiger partial charge in [0.15, 0.2) is 0 Å². The Kier molecular flexibility index (Phi) is 7.00. The number of nitrogens with zero attached hydrogens (tertiary/aromatic N) is 4. The van der Waals surface area contributed by atoms with E-state index in [9.17, 15) is 4.79 Å². The fourth-order valence-electron chi connectivity index (χ4n) is 4.56. The maximum absolute atomic E-state index is 12.7. The lowest BCUT2D eigenvalue weighted by molar-refractivity contribution is -0.117. The number of pyridine rings is 1. The first kappa shape index (κ1) is 22.2. The highest BCUT2D eigenvalue weighted by molar-refractivity contribution is 5.91. The number of benzene rings is 1. The summed E-state index contributed by atoms with van der Waals surface area (Å²) >= 11 is 0. The maximum Gasteiger partial charge on any atom is 0.239 e. The first-order valence-electron chi connectivity index (χ1n) is 11.5. The summed E-state index contributed by atoms with van der Waals surface area (Å²) in [5.41, 5.74) is 4.83. The van der Waals surface area contributed by atoms with Crippen LogP contribution in [0.15, 0.2) is 54.7 Å². The average Bonchev–Trinajstić information content (AvgIpc) is 3.22. The quantitative estimate of drug-likeness (QED) is 0.595. The zero-order valence-electron chi connectivity index (χ0n) is 19.3. The molecule has 1 fully saturated rings. The molecule has 32 heavy (non-hydrogen) atoms. The molecule has 0 saturated carbocycles. The predicted molar refractivity (Wildman–Crippen MR) is 128 cm³/mol. The van der Waals surface area contributed by atoms with Gasteiger partial charge in [0.05, 0.1) is 12.7 Å². The number of hydrogen-bond donors (Lipinski definition) is 1. The molecule has 1 aliphatic rings. The van der Waals surface area contributed by atoms with Gasteiger partial charge in [0, 0.05) is 36.0 Å². The third-order valence-electron chi connectivity index (χ3n) is 6.00. The van der Waals surface area contributed by atoms with Crippen LogP contribution in [0.25, 0.3) is 0 Å². The Morgan fingerprint density at radius 2 is 1.97 bits per heavy atom. The predicted octanol–water partition coefficient (Wildman–Crippen LogP) is 4.58. The minimum Gasteiger partial charge on any atom is -0.310 e. The first-order valence-corrected chi connectivity index (χ1v) is 11.5. The number of aromatic nitrogens is 3. The molecule has 2 aromatic heterocycles. The SMILES string of the molecule is Cc1cc(Cc2ccccc2)cc(C2CCCN(CC(=O)Nc3ccnn3C(C)C)C2)n1. The van der Waals surface area contributed by atoms with E-state index in [4.69, 9.17) is 4.98 Å². The van der Waals surface area contributed by atoms with Crippen LogP contribution in [0.4, 0.5) is 5.82 Å². The van der Waals surface area contributed by atoms with Gasteiger partial charge in [0.1, 0.15) is 5.82 Å². The molecule has 1 aliphatic heterocycles. The third kappa shape index (κ3) is 5.62. The number of likely N-dealkylation sites (tertiary alicyclic amines) is 1. The molecule has 1 saturated heterocycles. The van der Waals surface area contributed by atoms with Gasteiger partial charge in [-0.15, -0.1) is 0 Å². The Bertz CT molecular complexity index is 1040. The van der Waals surface area contributed by atoms with Gasteiger partial charge < -0.3 is 5.32 Å². The van der Waals surface area contributed by atoms with Gasteiger partial charge >= 0.3 is 0 Å². The Balaban J connectivity index is 1.40. The summed E-state index contributed by atoms with van der Waals surface area (Å²) in [6, 6.07) is 17.1. The van der Waals surface area contributed by atoms with Crippen molar-refractivity contribution in [2.45, 2.75) is 52.0 Å². The van der Waals surface area contributed by atoms with Crippen molar-refractivity contribution in [1.82, 2.24) is 19.7 Å². The average molecular weight is 432 g/mol. The zero-order chi connectivity index (χ0) is 22.5. The molecule has 0 aliphatic carbocycles. The molecule has 1 aromatic carbocycles. The van der Waals surface area contributed by atoms with Crippen molar-refractivity contribution in [3.05, 3.63) is 77.2 Å². The Labute approximate surface area is 190 Å². The van der Waals surface area contributed by atoms with Crippen molar-refractivity contribution in [3.63, 3.8) is 0 Å². The van der Waals surface area contributed by atoms with Crippen molar-refractivity contribution in [3.8, 4) is 0 Å². The number of carbonyl (C=O) groups excluding carboxylic acids is 1. The summed E-state index contributed by atoms with van der Waals surface area (Å²) in [5.74, 6) is 1.12. The third-order valence-corrected chi connectivity index (χ3v) is 6.00. The fraction of sp³-hybridized carbons (Fsp3) is 0.423. The molecule has 3 heterocycles. The molecule has 1 N–H and O–H groups in total. The van der Waals surface area contributed by atoms with Crippen molar-refractivity contribution >= 4 is 11.7 Å². The van der Waals surface area contributed by atoms with Crippen molar-refractivity contribution in [1.29, 1.82) is 0 Å². The summed E-state index contributed by atoms with van der Waals surface area (Å²) in [4.78, 5) is 19.8. The maximum atomic E-state index is 12.7. The van der Waals surface area contributed by atoms with Gasteiger partial charge in [-0.25, -0.2) is 4.68 Å². The molecular weight excluding hydrogens is 398 g/mol. The number of rotatable bonds is 7. The molecule has 6 heteroatoms. The molecule has 0 radical (unpaired) electrons. The number of hydrogen-bond acceptors (Lipinski definition) is 4. The number of nitrogens with one attached hydrogen (secondary N) is 1. The minimum absolute atomic E-state index is 0.00928. The van der Waals surface area contributed by atoms with Crippen LogP contribution < -0.4 is 5.32 Å². The molecular formula is C26H33N5O. The smallest absolute Gasteiger partial charge is 0.239 e. The van der Waals surface area contributed by atoms with Crippen molar-refractivity contribution < 1.29 is 4.79 Å². The van der Waals surface area contributed by atoms with Crippen LogP contribution in [0.1, 0.15) is 61.2 Å². The number of piperidine rings is 1. The van der Waals surface area contributed by atoms with Crippen LogP contribution in [0.3, 0.4) is 0 Å². The number of carbonyl (C=O) groups is 1. The molecule has 3 aromatic rings. The van der Waals surface area contributed by atoms with Gasteiger partial charge in [-0.1, -0.05) is 30.3 Å². The van der Waals surface area contributed by atoms with Crippen LogP contribution in [-0.2, 0) is 11.2 Å². The van der Waals surface area contributed by atoms with E-state index in [1.165, 1.54) is 11.1 Å². The number of amides is 1. The minimum atomic E-state index is 0.00928. The van der Waals surface area contributed by atoms with Gasteiger partial charge in [-0.05, 0) is 69.8 Å². The zero-order valence-corrected chi connectivity index (χ0v) is 19.3. The summed E-state index contributed by atoms with van der Waals surface area (Å²) < 4.78 is 1.84. The van der Waals surface area contributed by atoms with Gasteiger partial charge in [-0.3, -0.25) is 14.7 Å². The second-order valence-corrected chi connectivity index (χ2v) is 9.08. The van der Waals surface area contributed by atoms with E-state index in [0.29, 0.717) is 12.5 Å². The van der Waals surface area contributed by atoms with Crippen LogP contribution in [0.5, 0.6) is 0 Å². The van der Waals surface area contributed by atoms with E-state index >= 15 is 0 Å². The summed E-state index contributed by atoms with van der Waals surface area (Å²) in [7, 11) is 0. The van der Waals surface area contributed by atoms with Crippen molar-refractivity contribution in [2.24, 2.45) is 0 Å². The van der Waals surface area contributed by atoms with E-state index < -0.39 is 0 Å².